The Bertz CT molecular complexity index is 1230. The van der Waals surface area contributed by atoms with E-state index in [4.69, 9.17) is 16.6 Å². The van der Waals surface area contributed by atoms with E-state index in [9.17, 15) is 9.18 Å². The number of nitrogens with zero attached hydrogens (tertiary/aromatic N) is 3. The zero-order valence-corrected chi connectivity index (χ0v) is 18.2. The first-order valence-corrected chi connectivity index (χ1v) is 10.6. The number of H-pyrrole nitrogens is 1. The molecule has 0 radical (unpaired) electrons. The molecule has 0 bridgehead atoms. The van der Waals surface area contributed by atoms with Gasteiger partial charge in [-0.05, 0) is 41.3 Å². The molecular weight excluding hydrogens is 415 g/mol. The van der Waals surface area contributed by atoms with Crippen LogP contribution < -0.4 is 5.56 Å². The fraction of sp³-hybridized carbons (Fsp3) is 0.250. The minimum absolute atomic E-state index is 0.161. The molecule has 2 aromatic carbocycles. The van der Waals surface area contributed by atoms with E-state index in [1.165, 1.54) is 16.6 Å². The summed E-state index contributed by atoms with van der Waals surface area (Å²) in [6.07, 6.45) is 0. The van der Waals surface area contributed by atoms with Gasteiger partial charge in [-0.15, -0.1) is 0 Å². The van der Waals surface area contributed by atoms with E-state index in [0.717, 1.165) is 23.4 Å². The third-order valence-electron chi connectivity index (χ3n) is 4.99. The maximum absolute atomic E-state index is 13.2. The average molecular weight is 439 g/mol. The van der Waals surface area contributed by atoms with Gasteiger partial charge in [0.2, 0.25) is 0 Å². The van der Waals surface area contributed by atoms with Crippen LogP contribution in [0.3, 0.4) is 0 Å². The molecule has 7 heteroatoms. The summed E-state index contributed by atoms with van der Waals surface area (Å²) in [5.74, 6) is 0.192. The second-order valence-electron chi connectivity index (χ2n) is 8.15. The number of nitrogens with one attached hydrogen (secondary N) is 1. The van der Waals surface area contributed by atoms with Crippen LogP contribution in [0.1, 0.15) is 25.1 Å². The molecule has 0 spiro atoms. The summed E-state index contributed by atoms with van der Waals surface area (Å²) in [7, 11) is 0. The monoisotopic (exact) mass is 438 g/mol. The summed E-state index contributed by atoms with van der Waals surface area (Å²) in [4.78, 5) is 19.6. The summed E-state index contributed by atoms with van der Waals surface area (Å²) < 4.78 is 14.7. The van der Waals surface area contributed by atoms with Crippen LogP contribution in [0.25, 0.3) is 16.9 Å². The van der Waals surface area contributed by atoms with Gasteiger partial charge in [0.15, 0.2) is 5.65 Å². The SMILES string of the molecule is CC(C)CN(Cc1ccc(F)cc1)Cc1cc(=O)n2[nH]c(-c3ccc(Cl)cc3)cc2n1. The number of fused-ring (bicyclic) bond motifs is 1. The third kappa shape index (κ3) is 5.21. The summed E-state index contributed by atoms with van der Waals surface area (Å²) in [6.45, 7) is 6.31. The van der Waals surface area contributed by atoms with E-state index in [1.54, 1.807) is 18.2 Å². The molecule has 0 fully saturated rings. The lowest BCUT2D eigenvalue weighted by molar-refractivity contribution is 0.225. The lowest BCUT2D eigenvalue weighted by Gasteiger charge is -2.24. The Morgan fingerprint density at radius 2 is 1.77 bits per heavy atom. The second kappa shape index (κ2) is 9.04. The smallest absolute Gasteiger partial charge is 0.272 e. The first-order chi connectivity index (χ1) is 14.9. The molecule has 4 rings (SSSR count). The minimum atomic E-state index is -0.247. The highest BCUT2D eigenvalue weighted by molar-refractivity contribution is 6.30. The molecule has 0 aliphatic rings. The number of aromatic amines is 1. The third-order valence-corrected chi connectivity index (χ3v) is 5.24. The van der Waals surface area contributed by atoms with Gasteiger partial charge < -0.3 is 0 Å². The first-order valence-electron chi connectivity index (χ1n) is 10.2. The lowest BCUT2D eigenvalue weighted by atomic mass is 10.1. The molecule has 2 heterocycles. The van der Waals surface area contributed by atoms with Crippen molar-refractivity contribution in [1.82, 2.24) is 19.5 Å². The number of hydrogen-bond donors (Lipinski definition) is 1. The molecule has 4 aromatic rings. The number of rotatable bonds is 7. The topological polar surface area (TPSA) is 53.4 Å². The van der Waals surface area contributed by atoms with Crippen LogP contribution in [0.15, 0.2) is 65.5 Å². The highest BCUT2D eigenvalue weighted by atomic mass is 35.5. The van der Waals surface area contributed by atoms with Gasteiger partial charge in [-0.1, -0.05) is 49.7 Å². The average Bonchev–Trinajstić information content (AvgIpc) is 3.14. The van der Waals surface area contributed by atoms with Crippen LogP contribution in [0, 0.1) is 11.7 Å². The molecule has 0 atom stereocenters. The van der Waals surface area contributed by atoms with Crippen LogP contribution in [-0.4, -0.2) is 26.0 Å². The standard InChI is InChI=1S/C24H24ClFN4O/c1-16(2)13-29(14-17-3-9-20(26)10-4-17)15-21-11-24(31)30-23(27-21)12-22(28-30)18-5-7-19(25)8-6-18/h3-12,16,28H,13-15H2,1-2H3. The van der Waals surface area contributed by atoms with Crippen molar-refractivity contribution in [3.8, 4) is 11.3 Å². The maximum atomic E-state index is 13.2. The van der Waals surface area contributed by atoms with Gasteiger partial charge in [0.1, 0.15) is 5.82 Å². The van der Waals surface area contributed by atoms with Crippen molar-refractivity contribution < 1.29 is 4.39 Å². The quantitative estimate of drug-likeness (QED) is 0.434. The van der Waals surface area contributed by atoms with Gasteiger partial charge >= 0.3 is 0 Å². The van der Waals surface area contributed by atoms with Crippen LogP contribution in [0.2, 0.25) is 5.02 Å². The van der Waals surface area contributed by atoms with Gasteiger partial charge in [0, 0.05) is 36.8 Å². The van der Waals surface area contributed by atoms with Crippen molar-refractivity contribution in [2.75, 3.05) is 6.54 Å². The molecule has 160 valence electrons. The molecule has 0 amide bonds. The van der Waals surface area contributed by atoms with E-state index < -0.39 is 0 Å². The number of aromatic nitrogens is 3. The minimum Gasteiger partial charge on any atom is -0.293 e. The van der Waals surface area contributed by atoms with Crippen molar-refractivity contribution >= 4 is 17.2 Å². The molecule has 5 nitrogen and oxygen atoms in total. The molecule has 31 heavy (non-hydrogen) atoms. The van der Waals surface area contributed by atoms with E-state index in [-0.39, 0.29) is 11.4 Å². The Morgan fingerprint density at radius 1 is 1.06 bits per heavy atom. The van der Waals surface area contributed by atoms with Crippen LogP contribution in [-0.2, 0) is 13.1 Å². The zero-order valence-electron chi connectivity index (χ0n) is 17.5. The molecule has 0 unspecified atom stereocenters. The van der Waals surface area contributed by atoms with Crippen molar-refractivity contribution in [2.24, 2.45) is 5.92 Å². The molecule has 2 aromatic heterocycles. The predicted octanol–water partition coefficient (Wildman–Crippen LogP) is 5.14. The molecule has 0 aliphatic carbocycles. The Morgan fingerprint density at radius 3 is 2.45 bits per heavy atom. The maximum Gasteiger partial charge on any atom is 0.272 e. The lowest BCUT2D eigenvalue weighted by Crippen LogP contribution is -2.28. The Balaban J connectivity index is 1.61. The predicted molar refractivity (Wildman–Crippen MR) is 122 cm³/mol. The fourth-order valence-corrected chi connectivity index (χ4v) is 3.80. The number of halogens is 2. The number of benzene rings is 2. The van der Waals surface area contributed by atoms with Crippen molar-refractivity contribution in [2.45, 2.75) is 26.9 Å². The van der Waals surface area contributed by atoms with Crippen molar-refractivity contribution in [1.29, 1.82) is 0 Å². The van der Waals surface area contributed by atoms with E-state index >= 15 is 0 Å². The Labute approximate surface area is 185 Å². The zero-order chi connectivity index (χ0) is 22.0. The Kier molecular flexibility index (Phi) is 6.20. The summed E-state index contributed by atoms with van der Waals surface area (Å²) in [6, 6.07) is 17.4. The molecule has 1 N–H and O–H groups in total. The molecule has 0 saturated carbocycles. The fourth-order valence-electron chi connectivity index (χ4n) is 3.68. The van der Waals surface area contributed by atoms with Crippen LogP contribution in [0.4, 0.5) is 4.39 Å². The van der Waals surface area contributed by atoms with Gasteiger partial charge in [-0.3, -0.25) is 14.8 Å². The normalized spacial score (nSPS) is 11.7. The second-order valence-corrected chi connectivity index (χ2v) is 8.58. The van der Waals surface area contributed by atoms with Gasteiger partial charge in [0.25, 0.3) is 5.56 Å². The highest BCUT2D eigenvalue weighted by Crippen LogP contribution is 2.21. The van der Waals surface area contributed by atoms with Gasteiger partial charge in [-0.25, -0.2) is 13.9 Å². The molecule has 0 saturated heterocycles. The summed E-state index contributed by atoms with van der Waals surface area (Å²) in [5, 5.41) is 3.76. The van der Waals surface area contributed by atoms with Crippen LogP contribution >= 0.6 is 11.6 Å². The van der Waals surface area contributed by atoms with E-state index in [2.05, 4.69) is 23.8 Å². The van der Waals surface area contributed by atoms with Crippen LogP contribution in [0.5, 0.6) is 0 Å². The summed E-state index contributed by atoms with van der Waals surface area (Å²) >= 11 is 5.97. The van der Waals surface area contributed by atoms with Crippen molar-refractivity contribution in [3.63, 3.8) is 0 Å². The number of hydrogen-bond acceptors (Lipinski definition) is 3. The van der Waals surface area contributed by atoms with Gasteiger partial charge in [-0.2, -0.15) is 0 Å². The highest BCUT2D eigenvalue weighted by Gasteiger charge is 2.13. The van der Waals surface area contributed by atoms with E-state index in [1.807, 2.05) is 30.3 Å². The largest absolute Gasteiger partial charge is 0.293 e. The van der Waals surface area contributed by atoms with Crippen molar-refractivity contribution in [3.05, 3.63) is 93.1 Å². The van der Waals surface area contributed by atoms with E-state index in [0.29, 0.717) is 35.4 Å². The molecular formula is C24H24ClFN4O. The van der Waals surface area contributed by atoms with Gasteiger partial charge in [0.05, 0.1) is 11.4 Å². The first kappa shape index (κ1) is 21.3. The summed E-state index contributed by atoms with van der Waals surface area (Å²) in [5.41, 5.74) is 3.85. The Hall–Kier alpha value is -2.96. The molecule has 0 aliphatic heterocycles.